The number of thiophene rings is 1. The molecule has 6 heteroatoms. The molecule has 2 aliphatic heterocycles. The first-order valence-corrected chi connectivity index (χ1v) is 12.3. The third kappa shape index (κ3) is 4.37. The Hall–Kier alpha value is -2.83. The summed E-state index contributed by atoms with van der Waals surface area (Å²) in [6, 6.07) is 18.6. The number of rotatable bonds is 6. The monoisotopic (exact) mass is 462 g/mol. The number of benzene rings is 2. The molecule has 0 saturated carbocycles. The minimum Gasteiger partial charge on any atom is -0.497 e. The van der Waals surface area contributed by atoms with E-state index >= 15 is 0 Å². The number of likely N-dealkylation sites (tertiary alicyclic amines) is 1. The molecule has 3 heterocycles. The van der Waals surface area contributed by atoms with Crippen molar-refractivity contribution in [3.05, 3.63) is 76.0 Å². The van der Waals surface area contributed by atoms with Crippen molar-refractivity contribution < 1.29 is 14.3 Å². The fourth-order valence-electron chi connectivity index (χ4n) is 5.25. The Morgan fingerprint density at radius 1 is 1.00 bits per heavy atom. The van der Waals surface area contributed by atoms with Crippen molar-refractivity contribution in [3.63, 3.8) is 0 Å². The van der Waals surface area contributed by atoms with E-state index in [9.17, 15) is 4.79 Å². The van der Waals surface area contributed by atoms with Crippen LogP contribution in [0.4, 0.5) is 5.69 Å². The fraction of sp³-hybridized carbons (Fsp3) is 0.370. The standard InChI is InChI=1S/C27H30N2O3S/c1-31-21-6-3-5-20(15-21)18-28-12-10-27(11-13-28)19-29(26(30)17-23-7-4-14-33-23)25-9-8-22(32-2)16-24(25)27/h3-9,14-16H,10-13,17-19H2,1-2H3. The SMILES string of the molecule is COc1cccc(CN2CCC3(CC2)CN(C(=O)Cc2cccs2)c2ccc(OC)cc23)c1. The summed E-state index contributed by atoms with van der Waals surface area (Å²) in [5.41, 5.74) is 3.58. The summed E-state index contributed by atoms with van der Waals surface area (Å²) in [6.07, 6.45) is 2.51. The lowest BCUT2D eigenvalue weighted by Gasteiger charge is -2.40. The van der Waals surface area contributed by atoms with Crippen LogP contribution in [-0.4, -0.2) is 44.7 Å². The van der Waals surface area contributed by atoms with E-state index in [1.54, 1.807) is 25.6 Å². The van der Waals surface area contributed by atoms with E-state index in [0.717, 1.165) is 61.1 Å². The molecule has 2 aromatic carbocycles. The van der Waals surface area contributed by atoms with Crippen molar-refractivity contribution in [1.29, 1.82) is 0 Å². The molecular weight excluding hydrogens is 432 g/mol. The van der Waals surface area contributed by atoms with Gasteiger partial charge >= 0.3 is 0 Å². The van der Waals surface area contributed by atoms with Crippen molar-refractivity contribution in [2.24, 2.45) is 0 Å². The first kappa shape index (κ1) is 22.0. The number of hydrogen-bond acceptors (Lipinski definition) is 5. The van der Waals surface area contributed by atoms with Gasteiger partial charge in [0.15, 0.2) is 0 Å². The third-order valence-corrected chi connectivity index (χ3v) is 7.96. The number of amides is 1. The Balaban J connectivity index is 1.35. The van der Waals surface area contributed by atoms with Gasteiger partial charge < -0.3 is 14.4 Å². The van der Waals surface area contributed by atoms with Crippen LogP contribution in [0, 0.1) is 0 Å². The lowest BCUT2D eigenvalue weighted by atomic mass is 9.74. The van der Waals surface area contributed by atoms with Crippen LogP contribution in [0.25, 0.3) is 0 Å². The Kier molecular flexibility index (Phi) is 6.13. The highest BCUT2D eigenvalue weighted by Gasteiger charge is 2.46. The molecular formula is C27H30N2O3S. The highest BCUT2D eigenvalue weighted by molar-refractivity contribution is 7.10. The van der Waals surface area contributed by atoms with Crippen LogP contribution in [0.5, 0.6) is 11.5 Å². The zero-order chi connectivity index (χ0) is 22.8. The van der Waals surface area contributed by atoms with Crippen LogP contribution >= 0.6 is 11.3 Å². The molecule has 1 fully saturated rings. The van der Waals surface area contributed by atoms with E-state index in [4.69, 9.17) is 9.47 Å². The van der Waals surface area contributed by atoms with E-state index in [2.05, 4.69) is 35.2 Å². The van der Waals surface area contributed by atoms with Crippen molar-refractivity contribution in [3.8, 4) is 11.5 Å². The number of piperidine rings is 1. The van der Waals surface area contributed by atoms with Gasteiger partial charge in [-0.25, -0.2) is 0 Å². The molecule has 0 unspecified atom stereocenters. The van der Waals surface area contributed by atoms with Crippen LogP contribution in [-0.2, 0) is 23.2 Å². The molecule has 1 amide bonds. The average molecular weight is 463 g/mol. The average Bonchev–Trinajstić information content (AvgIpc) is 3.47. The summed E-state index contributed by atoms with van der Waals surface area (Å²) in [5.74, 6) is 1.94. The fourth-order valence-corrected chi connectivity index (χ4v) is 5.95. The van der Waals surface area contributed by atoms with E-state index < -0.39 is 0 Å². The van der Waals surface area contributed by atoms with Gasteiger partial charge in [0.1, 0.15) is 11.5 Å². The second-order valence-corrected chi connectivity index (χ2v) is 10.1. The van der Waals surface area contributed by atoms with Crippen LogP contribution in [0.15, 0.2) is 60.0 Å². The second-order valence-electron chi connectivity index (χ2n) is 9.03. The molecule has 1 aromatic heterocycles. The van der Waals surface area contributed by atoms with Gasteiger partial charge in [-0.1, -0.05) is 18.2 Å². The van der Waals surface area contributed by atoms with E-state index in [0.29, 0.717) is 6.42 Å². The van der Waals surface area contributed by atoms with Crippen LogP contribution in [0.3, 0.4) is 0 Å². The maximum Gasteiger partial charge on any atom is 0.232 e. The Morgan fingerprint density at radius 2 is 1.79 bits per heavy atom. The van der Waals surface area contributed by atoms with E-state index in [-0.39, 0.29) is 11.3 Å². The molecule has 0 aliphatic carbocycles. The number of fused-ring (bicyclic) bond motifs is 2. The van der Waals surface area contributed by atoms with Gasteiger partial charge in [-0.2, -0.15) is 0 Å². The molecule has 1 saturated heterocycles. The summed E-state index contributed by atoms with van der Waals surface area (Å²) in [7, 11) is 3.42. The number of anilines is 1. The topological polar surface area (TPSA) is 42.0 Å². The molecule has 0 bridgehead atoms. The minimum absolute atomic E-state index is 0.0140. The van der Waals surface area contributed by atoms with Crippen LogP contribution in [0.1, 0.15) is 28.8 Å². The number of methoxy groups -OCH3 is 2. The Labute approximate surface area is 199 Å². The van der Waals surface area contributed by atoms with E-state index in [1.165, 1.54) is 11.1 Å². The molecule has 0 N–H and O–H groups in total. The molecule has 5 nitrogen and oxygen atoms in total. The third-order valence-electron chi connectivity index (χ3n) is 7.09. The molecule has 1 spiro atoms. The molecule has 5 rings (SSSR count). The van der Waals surface area contributed by atoms with E-state index in [1.807, 2.05) is 34.5 Å². The van der Waals surface area contributed by atoms with Crippen molar-refractivity contribution in [2.45, 2.75) is 31.2 Å². The highest BCUT2D eigenvalue weighted by Crippen LogP contribution is 2.48. The predicted molar refractivity (Wildman–Crippen MR) is 133 cm³/mol. The summed E-state index contributed by atoms with van der Waals surface area (Å²) in [4.78, 5) is 18.9. The molecule has 2 aliphatic rings. The second kappa shape index (κ2) is 9.20. The zero-order valence-electron chi connectivity index (χ0n) is 19.3. The minimum atomic E-state index is -0.0140. The maximum atomic E-state index is 13.3. The van der Waals surface area contributed by atoms with Gasteiger partial charge in [0.2, 0.25) is 5.91 Å². The highest BCUT2D eigenvalue weighted by atomic mass is 32.1. The number of ether oxygens (including phenoxy) is 2. The largest absolute Gasteiger partial charge is 0.497 e. The van der Waals surface area contributed by atoms with Crippen LogP contribution in [0.2, 0.25) is 0 Å². The number of carbonyl (C=O) groups excluding carboxylic acids is 1. The molecule has 0 atom stereocenters. The zero-order valence-corrected chi connectivity index (χ0v) is 20.1. The normalized spacial score (nSPS) is 17.2. The number of hydrogen-bond donors (Lipinski definition) is 0. The molecule has 0 radical (unpaired) electrons. The Morgan fingerprint density at radius 3 is 2.52 bits per heavy atom. The summed E-state index contributed by atoms with van der Waals surface area (Å²) in [6.45, 7) is 3.67. The first-order valence-electron chi connectivity index (χ1n) is 11.5. The first-order chi connectivity index (χ1) is 16.1. The van der Waals surface area contributed by atoms with Gasteiger partial charge in [0.25, 0.3) is 0 Å². The lowest BCUT2D eigenvalue weighted by molar-refractivity contribution is -0.118. The number of nitrogens with zero attached hydrogens (tertiary/aromatic N) is 2. The Bertz CT molecular complexity index is 1120. The molecule has 172 valence electrons. The summed E-state index contributed by atoms with van der Waals surface area (Å²) >= 11 is 1.65. The van der Waals surface area contributed by atoms with Gasteiger partial charge in [-0.15, -0.1) is 11.3 Å². The smallest absolute Gasteiger partial charge is 0.232 e. The van der Waals surface area contributed by atoms with Gasteiger partial charge in [0.05, 0.1) is 20.6 Å². The van der Waals surface area contributed by atoms with Crippen molar-refractivity contribution >= 4 is 22.9 Å². The quantitative estimate of drug-likeness (QED) is 0.523. The lowest BCUT2D eigenvalue weighted by Crippen LogP contribution is -2.46. The van der Waals surface area contributed by atoms with Crippen molar-refractivity contribution in [2.75, 3.05) is 38.8 Å². The maximum absolute atomic E-state index is 13.3. The van der Waals surface area contributed by atoms with Crippen LogP contribution < -0.4 is 14.4 Å². The van der Waals surface area contributed by atoms with Gasteiger partial charge in [-0.3, -0.25) is 9.69 Å². The molecule has 3 aromatic rings. The molecule has 33 heavy (non-hydrogen) atoms. The summed E-state index contributed by atoms with van der Waals surface area (Å²) < 4.78 is 10.9. The number of carbonyl (C=O) groups is 1. The van der Waals surface area contributed by atoms with Gasteiger partial charge in [-0.05, 0) is 78.8 Å². The van der Waals surface area contributed by atoms with Gasteiger partial charge in [0, 0.05) is 29.1 Å². The summed E-state index contributed by atoms with van der Waals surface area (Å²) in [5, 5.41) is 2.03. The predicted octanol–water partition coefficient (Wildman–Crippen LogP) is 4.89. The van der Waals surface area contributed by atoms with Crippen molar-refractivity contribution in [1.82, 2.24) is 4.90 Å².